The average molecular weight is 457 g/mol. The van der Waals surface area contributed by atoms with E-state index in [1.165, 1.54) is 6.92 Å². The number of carbonyl (C=O) groups is 1. The molecule has 0 radical (unpaired) electrons. The van der Waals surface area contributed by atoms with Crippen LogP contribution in [0.25, 0.3) is 16.7 Å². The predicted octanol–water partition coefficient (Wildman–Crippen LogP) is 2.73. The number of hydrogen-bond donors (Lipinski definition) is 1. The van der Waals surface area contributed by atoms with Crippen LogP contribution in [0.3, 0.4) is 0 Å². The number of aryl methyl sites for hydroxylation is 1. The van der Waals surface area contributed by atoms with E-state index in [0.717, 1.165) is 50.7 Å². The predicted molar refractivity (Wildman–Crippen MR) is 120 cm³/mol. The Balaban J connectivity index is 1.63. The molecule has 0 atom stereocenters. The first kappa shape index (κ1) is 21.6. The van der Waals surface area contributed by atoms with E-state index in [1.807, 2.05) is 0 Å². The largest absolute Gasteiger partial charge is 0.354 e. The molecule has 5 rings (SSSR count). The smallest absolute Gasteiger partial charge is 0.303 e. The zero-order chi connectivity index (χ0) is 23.5. The van der Waals surface area contributed by atoms with Crippen LogP contribution in [0.2, 0.25) is 0 Å². The van der Waals surface area contributed by atoms with E-state index >= 15 is 0 Å². The van der Waals surface area contributed by atoms with Crippen molar-refractivity contribution in [3.63, 3.8) is 0 Å². The van der Waals surface area contributed by atoms with Crippen LogP contribution < -0.4 is 10.2 Å². The summed E-state index contributed by atoms with van der Waals surface area (Å²) < 4.78 is 29.6. The van der Waals surface area contributed by atoms with Crippen molar-refractivity contribution in [2.24, 2.45) is 5.41 Å². The summed E-state index contributed by atoms with van der Waals surface area (Å²) in [5, 5.41) is 8.26. The van der Waals surface area contributed by atoms with Crippen LogP contribution in [0.4, 0.5) is 20.4 Å². The average Bonchev–Trinajstić information content (AvgIpc) is 3.28. The Morgan fingerprint density at radius 2 is 1.97 bits per heavy atom. The summed E-state index contributed by atoms with van der Waals surface area (Å²) in [6.07, 6.45) is 2.74. The van der Waals surface area contributed by atoms with Gasteiger partial charge in [-0.3, -0.25) is 4.79 Å². The van der Waals surface area contributed by atoms with E-state index < -0.39 is 11.7 Å². The van der Waals surface area contributed by atoms with Crippen molar-refractivity contribution in [2.75, 3.05) is 43.4 Å². The van der Waals surface area contributed by atoms with Crippen molar-refractivity contribution in [3.05, 3.63) is 29.8 Å². The molecule has 3 aromatic rings. The third-order valence-corrected chi connectivity index (χ3v) is 6.25. The van der Waals surface area contributed by atoms with Crippen LogP contribution >= 0.6 is 0 Å². The molecular weight excluding hydrogens is 430 g/mol. The van der Waals surface area contributed by atoms with E-state index in [0.29, 0.717) is 17.0 Å². The molecule has 9 nitrogen and oxygen atoms in total. The first-order valence-corrected chi connectivity index (χ1v) is 10.9. The quantitative estimate of drug-likeness (QED) is 0.645. The highest BCUT2D eigenvalue weighted by molar-refractivity contribution is 5.95. The Morgan fingerprint density at radius 1 is 1.21 bits per heavy atom. The number of anilines is 2. The van der Waals surface area contributed by atoms with Crippen LogP contribution in [0, 0.1) is 12.3 Å². The summed E-state index contributed by atoms with van der Waals surface area (Å²) in [4.78, 5) is 28.5. The molecule has 0 unspecified atom stereocenters. The summed E-state index contributed by atoms with van der Waals surface area (Å²) in [7, 11) is 2.12. The highest BCUT2D eigenvalue weighted by Gasteiger charge is 2.47. The number of carbonyl (C=O) groups excluding carboxylic acids is 1. The Labute approximate surface area is 189 Å². The molecular formula is C22H26F2N8O. The molecule has 33 heavy (non-hydrogen) atoms. The zero-order valence-corrected chi connectivity index (χ0v) is 19.1. The summed E-state index contributed by atoms with van der Waals surface area (Å²) in [6.45, 7) is 7.65. The van der Waals surface area contributed by atoms with E-state index in [2.05, 4.69) is 37.1 Å². The Kier molecular flexibility index (Phi) is 4.85. The number of amides is 1. The fourth-order valence-electron chi connectivity index (χ4n) is 4.98. The van der Waals surface area contributed by atoms with E-state index in [9.17, 15) is 13.6 Å². The van der Waals surface area contributed by atoms with Crippen molar-refractivity contribution >= 4 is 28.4 Å². The topological polar surface area (TPSA) is 92.1 Å². The lowest BCUT2D eigenvalue weighted by atomic mass is 9.79. The molecule has 0 aliphatic carbocycles. The van der Waals surface area contributed by atoms with E-state index in [4.69, 9.17) is 5.10 Å². The second kappa shape index (κ2) is 7.41. The van der Waals surface area contributed by atoms with Crippen LogP contribution in [-0.2, 0) is 10.7 Å². The first-order chi connectivity index (χ1) is 15.5. The molecule has 0 saturated carbocycles. The lowest BCUT2D eigenvalue weighted by Gasteiger charge is -2.46. The summed E-state index contributed by atoms with van der Waals surface area (Å²) in [5.41, 5.74) is 1.30. The van der Waals surface area contributed by atoms with Crippen molar-refractivity contribution < 1.29 is 13.6 Å². The standard InChI is InChI=1S/C22H26F2N8O/c1-13-7-18(28-20(26-13)21(3,23)24)32-16-8-17(27-14(2)33)25-9-15(16)19(29-32)31-6-5-22(12-31)10-30(4)11-22/h7-9H,5-6,10-12H2,1-4H3,(H,25,27,33). The zero-order valence-electron chi connectivity index (χ0n) is 19.1. The molecule has 5 heterocycles. The van der Waals surface area contributed by atoms with Gasteiger partial charge in [-0.25, -0.2) is 19.6 Å². The molecule has 1 N–H and O–H groups in total. The molecule has 2 saturated heterocycles. The second-order valence-electron chi connectivity index (χ2n) is 9.43. The van der Waals surface area contributed by atoms with Gasteiger partial charge in [0, 0.05) is 69.5 Å². The number of aromatic nitrogens is 5. The molecule has 0 bridgehead atoms. The number of halogens is 2. The SMILES string of the molecule is CC(=O)Nc1cc2c(cn1)c(N1CCC3(CN(C)C3)C1)nn2-c1cc(C)nc(C(C)(F)F)n1. The molecule has 1 spiro atoms. The fourth-order valence-corrected chi connectivity index (χ4v) is 4.98. The monoisotopic (exact) mass is 456 g/mol. The van der Waals surface area contributed by atoms with Gasteiger partial charge in [-0.2, -0.15) is 8.78 Å². The number of hydrogen-bond acceptors (Lipinski definition) is 7. The summed E-state index contributed by atoms with van der Waals surface area (Å²) in [6, 6.07) is 3.31. The van der Waals surface area contributed by atoms with Crippen molar-refractivity contribution in [1.29, 1.82) is 0 Å². The second-order valence-corrected chi connectivity index (χ2v) is 9.43. The van der Waals surface area contributed by atoms with Gasteiger partial charge in [-0.1, -0.05) is 0 Å². The van der Waals surface area contributed by atoms with Crippen molar-refractivity contribution in [3.8, 4) is 5.82 Å². The number of alkyl halides is 2. The van der Waals surface area contributed by atoms with Gasteiger partial charge in [-0.15, -0.1) is 5.10 Å². The number of nitrogens with zero attached hydrogens (tertiary/aromatic N) is 7. The molecule has 0 aromatic carbocycles. The maximum atomic E-state index is 14.0. The molecule has 11 heteroatoms. The maximum Gasteiger partial charge on any atom is 0.303 e. The van der Waals surface area contributed by atoms with E-state index in [-0.39, 0.29) is 17.1 Å². The van der Waals surface area contributed by atoms with E-state index in [1.54, 1.807) is 29.9 Å². The minimum Gasteiger partial charge on any atom is -0.354 e. The number of nitrogens with one attached hydrogen (secondary N) is 1. The molecule has 174 valence electrons. The van der Waals surface area contributed by atoms with Crippen LogP contribution in [0.5, 0.6) is 0 Å². The molecule has 2 fully saturated rings. The summed E-state index contributed by atoms with van der Waals surface area (Å²) >= 11 is 0. The third-order valence-electron chi connectivity index (χ3n) is 6.25. The molecule has 1 amide bonds. The minimum absolute atomic E-state index is 0.243. The number of rotatable bonds is 4. The van der Waals surface area contributed by atoms with Gasteiger partial charge in [0.05, 0.1) is 10.9 Å². The van der Waals surface area contributed by atoms with Gasteiger partial charge in [0.1, 0.15) is 5.82 Å². The van der Waals surface area contributed by atoms with Crippen LogP contribution in [0.15, 0.2) is 18.3 Å². The van der Waals surface area contributed by atoms with Gasteiger partial charge >= 0.3 is 5.92 Å². The Morgan fingerprint density at radius 3 is 2.64 bits per heavy atom. The van der Waals surface area contributed by atoms with Crippen molar-refractivity contribution in [2.45, 2.75) is 33.1 Å². The van der Waals surface area contributed by atoms with Crippen LogP contribution in [0.1, 0.15) is 31.8 Å². The lowest BCUT2D eigenvalue weighted by Crippen LogP contribution is -2.55. The van der Waals surface area contributed by atoms with Crippen molar-refractivity contribution in [1.82, 2.24) is 29.6 Å². The highest BCUT2D eigenvalue weighted by Crippen LogP contribution is 2.42. The van der Waals surface area contributed by atoms with Gasteiger partial charge in [0.25, 0.3) is 0 Å². The first-order valence-electron chi connectivity index (χ1n) is 10.9. The van der Waals surface area contributed by atoms with Gasteiger partial charge in [0.2, 0.25) is 11.7 Å². The Hall–Kier alpha value is -3.21. The lowest BCUT2D eigenvalue weighted by molar-refractivity contribution is -0.114. The highest BCUT2D eigenvalue weighted by atomic mass is 19.3. The molecule has 2 aliphatic heterocycles. The summed E-state index contributed by atoms with van der Waals surface area (Å²) in [5.74, 6) is -2.67. The minimum atomic E-state index is -3.19. The van der Waals surface area contributed by atoms with Gasteiger partial charge in [0.15, 0.2) is 11.6 Å². The molecule has 2 aliphatic rings. The third kappa shape index (κ3) is 3.90. The number of pyridine rings is 1. The fraction of sp³-hybridized carbons (Fsp3) is 0.500. The van der Waals surface area contributed by atoms with Gasteiger partial charge in [-0.05, 0) is 20.4 Å². The molecule has 3 aromatic heterocycles. The number of fused-ring (bicyclic) bond motifs is 1. The maximum absolute atomic E-state index is 14.0. The normalized spacial score (nSPS) is 18.2. The number of likely N-dealkylation sites (tertiary alicyclic amines) is 1. The Bertz CT molecular complexity index is 1250. The van der Waals surface area contributed by atoms with Crippen LogP contribution in [-0.4, -0.2) is 68.8 Å². The van der Waals surface area contributed by atoms with Gasteiger partial charge < -0.3 is 15.1 Å².